The number of halogens is 1. The quantitative estimate of drug-likeness (QED) is 0.696. The van der Waals surface area contributed by atoms with Crippen LogP contribution >= 0.6 is 0 Å². The summed E-state index contributed by atoms with van der Waals surface area (Å²) in [5.41, 5.74) is 0.782. The van der Waals surface area contributed by atoms with Gasteiger partial charge in [0, 0.05) is 25.0 Å². The number of rotatable bonds is 7. The lowest BCUT2D eigenvalue weighted by atomic mass is 10.0. The van der Waals surface area contributed by atoms with Crippen LogP contribution in [0.5, 0.6) is 11.5 Å². The molecule has 0 saturated heterocycles. The number of methoxy groups -OCH3 is 1. The maximum Gasteiger partial charge on any atom is 0.258 e. The van der Waals surface area contributed by atoms with Crippen LogP contribution in [0.3, 0.4) is 0 Å². The first-order chi connectivity index (χ1) is 13.1. The molecule has 6 nitrogen and oxygen atoms in total. The molecule has 0 fully saturated rings. The Morgan fingerprint density at radius 3 is 2.63 bits per heavy atom. The molecule has 0 bridgehead atoms. The van der Waals surface area contributed by atoms with E-state index in [1.165, 1.54) is 24.3 Å². The van der Waals surface area contributed by atoms with Gasteiger partial charge in [0.1, 0.15) is 29.2 Å². The highest BCUT2D eigenvalue weighted by molar-refractivity contribution is 5.78. The fraction of sp³-hybridized carbons (Fsp3) is 0.200. The number of aryl methyl sites for hydroxylation is 1. The van der Waals surface area contributed by atoms with Gasteiger partial charge in [0.2, 0.25) is 0 Å². The number of aromatic nitrogens is 2. The van der Waals surface area contributed by atoms with Gasteiger partial charge in [-0.15, -0.1) is 0 Å². The van der Waals surface area contributed by atoms with Gasteiger partial charge in [-0.1, -0.05) is 18.2 Å². The molecule has 1 N–H and O–H groups in total. The normalized spacial score (nSPS) is 11.7. The number of benzene rings is 2. The molecule has 1 heterocycles. The monoisotopic (exact) mass is 369 g/mol. The van der Waals surface area contributed by atoms with Crippen LogP contribution in [0.2, 0.25) is 0 Å². The first-order valence-corrected chi connectivity index (χ1v) is 8.36. The Hall–Kier alpha value is -3.35. The summed E-state index contributed by atoms with van der Waals surface area (Å²) in [7, 11) is 3.43. The standard InChI is InChI=1S/C20H20FN3O3/c1-24-12-11-22-20(24)19(16-5-3-4-6-17(16)26-2)23-18(25)13-27-15-9-7-14(21)8-10-15/h3-12,19H,13H2,1-2H3,(H,23,25). The number of para-hydroxylation sites is 1. The van der Waals surface area contributed by atoms with Gasteiger partial charge in [-0.2, -0.15) is 0 Å². The molecule has 7 heteroatoms. The summed E-state index contributed by atoms with van der Waals surface area (Å²) < 4.78 is 25.6. The van der Waals surface area contributed by atoms with E-state index in [2.05, 4.69) is 10.3 Å². The van der Waals surface area contributed by atoms with Crippen molar-refractivity contribution in [3.8, 4) is 11.5 Å². The van der Waals surface area contributed by atoms with E-state index in [0.29, 0.717) is 17.3 Å². The fourth-order valence-electron chi connectivity index (χ4n) is 2.72. The van der Waals surface area contributed by atoms with Crippen molar-refractivity contribution in [2.24, 2.45) is 7.05 Å². The van der Waals surface area contributed by atoms with E-state index in [1.54, 1.807) is 19.5 Å². The first-order valence-electron chi connectivity index (χ1n) is 8.36. The van der Waals surface area contributed by atoms with Gasteiger partial charge >= 0.3 is 0 Å². The smallest absolute Gasteiger partial charge is 0.258 e. The van der Waals surface area contributed by atoms with E-state index in [4.69, 9.17) is 9.47 Å². The summed E-state index contributed by atoms with van der Waals surface area (Å²) in [6.45, 7) is -0.207. The molecule has 0 radical (unpaired) electrons. The SMILES string of the molecule is COc1ccccc1C(NC(=O)COc1ccc(F)cc1)c1nccn1C. The number of carbonyl (C=O) groups is 1. The predicted octanol–water partition coefficient (Wildman–Crippen LogP) is 2.85. The Balaban J connectivity index is 1.78. The molecule has 0 spiro atoms. The summed E-state index contributed by atoms with van der Waals surface area (Å²) in [6, 6.07) is 12.4. The number of nitrogens with one attached hydrogen (secondary N) is 1. The van der Waals surface area contributed by atoms with Crippen LogP contribution in [-0.4, -0.2) is 29.2 Å². The lowest BCUT2D eigenvalue weighted by Crippen LogP contribution is -2.34. The van der Waals surface area contributed by atoms with Crippen molar-refractivity contribution < 1.29 is 18.7 Å². The van der Waals surface area contributed by atoms with Crippen molar-refractivity contribution in [3.05, 3.63) is 78.1 Å². The van der Waals surface area contributed by atoms with Crippen molar-refractivity contribution in [1.29, 1.82) is 0 Å². The number of carbonyl (C=O) groups excluding carboxylic acids is 1. The maximum atomic E-state index is 13.0. The summed E-state index contributed by atoms with van der Waals surface area (Å²) in [5, 5.41) is 2.93. The van der Waals surface area contributed by atoms with E-state index < -0.39 is 6.04 Å². The summed E-state index contributed by atoms with van der Waals surface area (Å²) in [6.07, 6.45) is 3.47. The number of ether oxygens (including phenoxy) is 2. The highest BCUT2D eigenvalue weighted by Gasteiger charge is 2.23. The molecule has 1 amide bonds. The summed E-state index contributed by atoms with van der Waals surface area (Å²) >= 11 is 0. The molecule has 3 aromatic rings. The average Bonchev–Trinajstić information content (AvgIpc) is 3.11. The molecule has 27 heavy (non-hydrogen) atoms. The Morgan fingerprint density at radius 1 is 1.22 bits per heavy atom. The molecule has 2 aromatic carbocycles. The van der Waals surface area contributed by atoms with E-state index in [-0.39, 0.29) is 18.3 Å². The van der Waals surface area contributed by atoms with Crippen molar-refractivity contribution >= 4 is 5.91 Å². The van der Waals surface area contributed by atoms with Crippen molar-refractivity contribution in [2.45, 2.75) is 6.04 Å². The Labute approximate surface area is 156 Å². The van der Waals surface area contributed by atoms with E-state index in [0.717, 1.165) is 5.56 Å². The second-order valence-electron chi connectivity index (χ2n) is 5.88. The zero-order chi connectivity index (χ0) is 19.2. The minimum Gasteiger partial charge on any atom is -0.496 e. The zero-order valence-electron chi connectivity index (χ0n) is 15.1. The fourth-order valence-corrected chi connectivity index (χ4v) is 2.72. The molecule has 1 aromatic heterocycles. The van der Waals surface area contributed by atoms with Gasteiger partial charge in [-0.3, -0.25) is 4.79 Å². The topological polar surface area (TPSA) is 65.4 Å². The van der Waals surface area contributed by atoms with Crippen LogP contribution in [0.4, 0.5) is 4.39 Å². The molecule has 140 valence electrons. The third-order valence-corrected chi connectivity index (χ3v) is 4.06. The molecule has 1 atom stereocenters. The summed E-state index contributed by atoms with van der Waals surface area (Å²) in [4.78, 5) is 16.8. The number of imidazole rings is 1. The molecular formula is C20H20FN3O3. The van der Waals surface area contributed by atoms with Crippen LogP contribution in [0.25, 0.3) is 0 Å². The Bertz CT molecular complexity index is 909. The van der Waals surface area contributed by atoms with Crippen molar-refractivity contribution in [3.63, 3.8) is 0 Å². The van der Waals surface area contributed by atoms with E-state index in [9.17, 15) is 9.18 Å². The maximum absolute atomic E-state index is 13.0. The minimum atomic E-state index is -0.509. The lowest BCUT2D eigenvalue weighted by Gasteiger charge is -2.21. The molecule has 0 aliphatic heterocycles. The van der Waals surface area contributed by atoms with Crippen molar-refractivity contribution in [2.75, 3.05) is 13.7 Å². The average molecular weight is 369 g/mol. The highest BCUT2D eigenvalue weighted by Crippen LogP contribution is 2.28. The van der Waals surface area contributed by atoms with Crippen LogP contribution in [0.15, 0.2) is 60.9 Å². The van der Waals surface area contributed by atoms with Crippen LogP contribution in [0.1, 0.15) is 17.4 Å². The van der Waals surface area contributed by atoms with Gasteiger partial charge in [0.15, 0.2) is 6.61 Å². The second-order valence-corrected chi connectivity index (χ2v) is 5.88. The molecule has 1 unspecified atom stereocenters. The Kier molecular flexibility index (Phi) is 5.71. The first kappa shape index (κ1) is 18.4. The third kappa shape index (κ3) is 4.44. The summed E-state index contributed by atoms with van der Waals surface area (Å²) in [5.74, 6) is 1.02. The minimum absolute atomic E-state index is 0.207. The molecule has 3 rings (SSSR count). The molecule has 0 aliphatic rings. The number of nitrogens with zero attached hydrogens (tertiary/aromatic N) is 2. The predicted molar refractivity (Wildman–Crippen MR) is 98.1 cm³/mol. The molecular weight excluding hydrogens is 349 g/mol. The zero-order valence-corrected chi connectivity index (χ0v) is 15.1. The van der Waals surface area contributed by atoms with Gasteiger partial charge < -0.3 is 19.4 Å². The van der Waals surface area contributed by atoms with Gasteiger partial charge in [-0.25, -0.2) is 9.37 Å². The molecule has 0 aliphatic carbocycles. The van der Waals surface area contributed by atoms with Gasteiger partial charge in [-0.05, 0) is 30.3 Å². The van der Waals surface area contributed by atoms with Crippen LogP contribution in [0, 0.1) is 5.82 Å². The lowest BCUT2D eigenvalue weighted by molar-refractivity contribution is -0.123. The van der Waals surface area contributed by atoms with Crippen molar-refractivity contribution in [1.82, 2.24) is 14.9 Å². The highest BCUT2D eigenvalue weighted by atomic mass is 19.1. The van der Waals surface area contributed by atoms with Gasteiger partial charge in [0.05, 0.1) is 7.11 Å². The van der Waals surface area contributed by atoms with E-state index >= 15 is 0 Å². The van der Waals surface area contributed by atoms with Gasteiger partial charge in [0.25, 0.3) is 5.91 Å². The van der Waals surface area contributed by atoms with E-state index in [1.807, 2.05) is 35.9 Å². The van der Waals surface area contributed by atoms with Crippen LogP contribution in [-0.2, 0) is 11.8 Å². The molecule has 0 saturated carbocycles. The largest absolute Gasteiger partial charge is 0.496 e. The van der Waals surface area contributed by atoms with Crippen LogP contribution < -0.4 is 14.8 Å². The number of hydrogen-bond donors (Lipinski definition) is 1. The Morgan fingerprint density at radius 2 is 1.96 bits per heavy atom. The number of hydrogen-bond acceptors (Lipinski definition) is 4. The number of amides is 1. The third-order valence-electron chi connectivity index (χ3n) is 4.06. The second kappa shape index (κ2) is 8.35.